The van der Waals surface area contributed by atoms with Crippen LogP contribution in [0.15, 0.2) is 58.9 Å². The molecule has 0 bridgehead atoms. The highest BCUT2D eigenvalue weighted by atomic mass is 35.5. The fraction of sp³-hybridized carbons (Fsp3) is 0.419. The summed E-state index contributed by atoms with van der Waals surface area (Å²) in [6.07, 6.45) is 5.27. The number of carbonyl (C=O) groups is 2. The lowest BCUT2D eigenvalue weighted by molar-refractivity contribution is -0.134. The molecule has 2 aromatic carbocycles. The highest BCUT2D eigenvalue weighted by molar-refractivity contribution is 7.98. The van der Waals surface area contributed by atoms with Gasteiger partial charge in [0, 0.05) is 41.6 Å². The fourth-order valence-corrected chi connectivity index (χ4v) is 6.83. The van der Waals surface area contributed by atoms with Gasteiger partial charge in [-0.3, -0.25) is 9.59 Å². The van der Waals surface area contributed by atoms with Crippen molar-refractivity contribution in [3.63, 3.8) is 0 Å². The number of likely N-dealkylation sites (tertiary alicyclic amines) is 1. The first kappa shape index (κ1) is 28.6. The zero-order valence-electron chi connectivity index (χ0n) is 23.6. The number of hydrogen-bond donors (Lipinski definition) is 1. The molecule has 1 N–H and O–H groups in total. The maximum absolute atomic E-state index is 13.3. The average Bonchev–Trinajstić information content (AvgIpc) is 3.42. The van der Waals surface area contributed by atoms with Crippen molar-refractivity contribution in [1.29, 1.82) is 0 Å². The normalized spacial score (nSPS) is 18.3. The summed E-state index contributed by atoms with van der Waals surface area (Å²) in [7, 11) is 0. The smallest absolute Gasteiger partial charge is 0.260 e. The standard InChI is InChI=1S/C31H34ClN5O4S/c1-2-40-26-17-20(13-14-25(26)41-18-27(39)36-15-6-3-7-16-36)29-28-23(11-8-12-24(28)38)33-30-34-31(35-37(29)30)42-19-21-9-4-5-10-22(21)32/h4-5,9-10,13-14,17,29H,2-3,6-8,11-12,15-16,18-19H2,1H3,(H,33,34,35). The van der Waals surface area contributed by atoms with Crippen molar-refractivity contribution in [1.82, 2.24) is 19.7 Å². The summed E-state index contributed by atoms with van der Waals surface area (Å²) in [5.74, 6) is 2.33. The molecule has 3 aromatic rings. The van der Waals surface area contributed by atoms with Gasteiger partial charge in [-0.15, -0.1) is 5.10 Å². The molecule has 0 radical (unpaired) electrons. The number of ketones is 1. The number of halogens is 1. The van der Waals surface area contributed by atoms with Crippen LogP contribution < -0.4 is 14.8 Å². The van der Waals surface area contributed by atoms with Crippen molar-refractivity contribution in [2.75, 3.05) is 31.6 Å². The molecule has 1 atom stereocenters. The van der Waals surface area contributed by atoms with Crippen LogP contribution in [-0.2, 0) is 15.3 Å². The summed E-state index contributed by atoms with van der Waals surface area (Å²) in [6.45, 7) is 3.85. The van der Waals surface area contributed by atoms with E-state index in [1.807, 2.05) is 54.3 Å². The number of thioether (sulfide) groups is 1. The first-order valence-corrected chi connectivity index (χ1v) is 15.9. The fourth-order valence-electron chi connectivity index (χ4n) is 5.72. The quantitative estimate of drug-likeness (QED) is 0.294. The van der Waals surface area contributed by atoms with E-state index in [0.29, 0.717) is 52.0 Å². The molecule has 3 aliphatic rings. The number of nitrogens with one attached hydrogen (secondary N) is 1. The summed E-state index contributed by atoms with van der Waals surface area (Å²) in [5.41, 5.74) is 3.44. The molecule has 11 heteroatoms. The van der Waals surface area contributed by atoms with Gasteiger partial charge in [-0.25, -0.2) is 4.68 Å². The first-order chi connectivity index (χ1) is 20.5. The molecule has 0 spiro atoms. The Morgan fingerprint density at radius 1 is 1.07 bits per heavy atom. The molecule has 1 aromatic heterocycles. The molecule has 1 unspecified atom stereocenters. The molecule has 1 saturated heterocycles. The molecule has 1 fully saturated rings. The SMILES string of the molecule is CCOc1cc(C2C3=C(CCCC3=O)Nc3nc(SCc4ccccc4Cl)nn32)ccc1OCC(=O)N1CCCCC1. The minimum absolute atomic E-state index is 0.0174. The number of aromatic nitrogens is 3. The van der Waals surface area contributed by atoms with Gasteiger partial charge in [0.2, 0.25) is 11.1 Å². The summed E-state index contributed by atoms with van der Waals surface area (Å²) < 4.78 is 13.7. The Bertz CT molecular complexity index is 1520. The minimum atomic E-state index is -0.463. The van der Waals surface area contributed by atoms with Gasteiger partial charge in [-0.2, -0.15) is 4.98 Å². The Morgan fingerprint density at radius 2 is 1.90 bits per heavy atom. The number of fused-ring (bicyclic) bond motifs is 1. The lowest BCUT2D eigenvalue weighted by atomic mass is 9.85. The van der Waals surface area contributed by atoms with Gasteiger partial charge in [0.15, 0.2) is 23.9 Å². The number of piperidine rings is 1. The second-order valence-corrected chi connectivity index (χ2v) is 12.0. The molecule has 6 rings (SSSR count). The molecular weight excluding hydrogens is 574 g/mol. The third-order valence-electron chi connectivity index (χ3n) is 7.81. The van der Waals surface area contributed by atoms with Gasteiger partial charge in [0.05, 0.1) is 6.61 Å². The summed E-state index contributed by atoms with van der Waals surface area (Å²) in [4.78, 5) is 32.7. The lowest BCUT2D eigenvalue weighted by Gasteiger charge is -2.32. The van der Waals surface area contributed by atoms with Crippen LogP contribution in [0.25, 0.3) is 0 Å². The van der Waals surface area contributed by atoms with Gasteiger partial charge in [-0.1, -0.05) is 47.6 Å². The number of amides is 1. The second kappa shape index (κ2) is 12.8. The third kappa shape index (κ3) is 6.01. The van der Waals surface area contributed by atoms with Crippen LogP contribution in [0, 0.1) is 0 Å². The van der Waals surface area contributed by atoms with E-state index in [4.69, 9.17) is 31.2 Å². The van der Waals surface area contributed by atoms with Crippen molar-refractivity contribution < 1.29 is 19.1 Å². The van der Waals surface area contributed by atoms with Crippen LogP contribution in [0.3, 0.4) is 0 Å². The number of rotatable bonds is 9. The van der Waals surface area contributed by atoms with E-state index in [1.54, 1.807) is 4.68 Å². The van der Waals surface area contributed by atoms with Crippen molar-refractivity contribution in [2.24, 2.45) is 0 Å². The zero-order valence-corrected chi connectivity index (χ0v) is 25.2. The number of ether oxygens (including phenoxy) is 2. The average molecular weight is 608 g/mol. The Morgan fingerprint density at radius 3 is 2.71 bits per heavy atom. The van der Waals surface area contributed by atoms with E-state index < -0.39 is 6.04 Å². The zero-order chi connectivity index (χ0) is 29.1. The highest BCUT2D eigenvalue weighted by Gasteiger charge is 2.37. The summed E-state index contributed by atoms with van der Waals surface area (Å²) >= 11 is 7.86. The Kier molecular flexibility index (Phi) is 8.71. The predicted octanol–water partition coefficient (Wildman–Crippen LogP) is 6.04. The molecule has 42 heavy (non-hydrogen) atoms. The van der Waals surface area contributed by atoms with E-state index in [2.05, 4.69) is 5.32 Å². The summed E-state index contributed by atoms with van der Waals surface area (Å²) in [5, 5.41) is 9.53. The molecule has 220 valence electrons. The van der Waals surface area contributed by atoms with Gasteiger partial charge in [0.25, 0.3) is 5.91 Å². The van der Waals surface area contributed by atoms with Gasteiger partial charge < -0.3 is 19.7 Å². The number of allylic oxidation sites excluding steroid dienone is 2. The largest absolute Gasteiger partial charge is 0.490 e. The van der Waals surface area contributed by atoms with Crippen LogP contribution in [0.5, 0.6) is 11.5 Å². The Labute approximate surface area is 254 Å². The maximum atomic E-state index is 13.3. The van der Waals surface area contributed by atoms with Gasteiger partial charge in [0.1, 0.15) is 6.04 Å². The Hall–Kier alpha value is -3.50. The predicted molar refractivity (Wildman–Crippen MR) is 162 cm³/mol. The second-order valence-electron chi connectivity index (χ2n) is 10.6. The van der Waals surface area contributed by atoms with Crippen LogP contribution in [0.4, 0.5) is 5.95 Å². The third-order valence-corrected chi connectivity index (χ3v) is 9.06. The van der Waals surface area contributed by atoms with Gasteiger partial charge in [-0.05, 0) is 68.4 Å². The van der Waals surface area contributed by atoms with E-state index in [-0.39, 0.29) is 18.3 Å². The van der Waals surface area contributed by atoms with Crippen molar-refractivity contribution in [3.8, 4) is 11.5 Å². The van der Waals surface area contributed by atoms with Crippen molar-refractivity contribution in [2.45, 2.75) is 62.4 Å². The summed E-state index contributed by atoms with van der Waals surface area (Å²) in [6, 6.07) is 12.9. The lowest BCUT2D eigenvalue weighted by Crippen LogP contribution is -2.38. The molecular formula is C31H34ClN5O4S. The maximum Gasteiger partial charge on any atom is 0.260 e. The van der Waals surface area contributed by atoms with Crippen molar-refractivity contribution in [3.05, 3.63) is 69.9 Å². The van der Waals surface area contributed by atoms with E-state index in [9.17, 15) is 9.59 Å². The number of benzene rings is 2. The van der Waals surface area contributed by atoms with Gasteiger partial charge >= 0.3 is 0 Å². The number of anilines is 1. The number of carbonyl (C=O) groups excluding carboxylic acids is 2. The molecule has 2 aliphatic heterocycles. The van der Waals surface area contributed by atoms with E-state index in [1.165, 1.54) is 11.8 Å². The number of nitrogens with zero attached hydrogens (tertiary/aromatic N) is 4. The highest BCUT2D eigenvalue weighted by Crippen LogP contribution is 2.43. The molecule has 3 heterocycles. The topological polar surface area (TPSA) is 98.6 Å². The molecule has 1 amide bonds. The van der Waals surface area contributed by atoms with E-state index >= 15 is 0 Å². The molecule has 1 aliphatic carbocycles. The number of hydrogen-bond acceptors (Lipinski definition) is 8. The van der Waals surface area contributed by atoms with Crippen molar-refractivity contribution >= 4 is 41.0 Å². The minimum Gasteiger partial charge on any atom is -0.490 e. The van der Waals surface area contributed by atoms with Crippen LogP contribution in [0.1, 0.15) is 62.6 Å². The van der Waals surface area contributed by atoms with Crippen LogP contribution in [-0.4, -0.2) is 57.7 Å². The Balaban J connectivity index is 1.29. The molecule has 0 saturated carbocycles. The number of Topliss-reactive ketones (excluding diaryl/α,β-unsaturated/α-hetero) is 1. The van der Waals surface area contributed by atoms with Crippen LogP contribution in [0.2, 0.25) is 5.02 Å². The van der Waals surface area contributed by atoms with Crippen LogP contribution >= 0.6 is 23.4 Å². The monoisotopic (exact) mass is 607 g/mol. The molecule has 9 nitrogen and oxygen atoms in total. The van der Waals surface area contributed by atoms with E-state index in [0.717, 1.165) is 62.0 Å². The first-order valence-electron chi connectivity index (χ1n) is 14.5.